The molecule has 1 amide bonds. The zero-order valence-corrected chi connectivity index (χ0v) is 27.7. The molecule has 2 saturated heterocycles. The molecule has 2 fully saturated rings. The number of carbonyl (C=O) groups excluding carboxylic acids is 1. The van der Waals surface area contributed by atoms with Gasteiger partial charge >= 0.3 is 0 Å². The third kappa shape index (κ3) is 8.09. The Hall–Kier alpha value is -3.88. The van der Waals surface area contributed by atoms with Crippen LogP contribution in [0.5, 0.6) is 5.75 Å². The smallest absolute Gasteiger partial charge is 0.228 e. The van der Waals surface area contributed by atoms with Crippen LogP contribution in [0.1, 0.15) is 60.4 Å². The molecule has 0 bridgehead atoms. The number of aromatic nitrogens is 2. The summed E-state index contributed by atoms with van der Waals surface area (Å²) in [7, 11) is 0.328. The first-order valence-corrected chi connectivity index (χ1v) is 17.6. The van der Waals surface area contributed by atoms with E-state index in [0.717, 1.165) is 38.5 Å². The number of nitriles is 1. The van der Waals surface area contributed by atoms with Crippen LogP contribution in [0.3, 0.4) is 0 Å². The number of aryl methyl sites for hydroxylation is 2. The van der Waals surface area contributed by atoms with Crippen molar-refractivity contribution in [2.45, 2.75) is 57.4 Å². The molecule has 2 unspecified atom stereocenters. The van der Waals surface area contributed by atoms with Crippen molar-refractivity contribution in [2.75, 3.05) is 51.0 Å². The number of benzene rings is 2. The third-order valence-corrected chi connectivity index (χ3v) is 10.5. The summed E-state index contributed by atoms with van der Waals surface area (Å²) in [5, 5.41) is 17.3. The second-order valence-electron chi connectivity index (χ2n) is 12.3. The van der Waals surface area contributed by atoms with E-state index in [1.165, 1.54) is 24.3 Å². The first-order valence-electron chi connectivity index (χ1n) is 16.0. The van der Waals surface area contributed by atoms with Crippen LogP contribution in [0.2, 0.25) is 0 Å². The summed E-state index contributed by atoms with van der Waals surface area (Å²) in [4.78, 5) is 18.1. The summed E-state index contributed by atoms with van der Waals surface area (Å²) in [5.41, 5.74) is 3.27. The molecular formula is C35H43FN6O3S. The van der Waals surface area contributed by atoms with Gasteiger partial charge in [-0.25, -0.2) is 12.9 Å². The van der Waals surface area contributed by atoms with Crippen molar-refractivity contribution in [3.05, 3.63) is 82.8 Å². The molecule has 1 aromatic heterocycles. The molecule has 0 saturated carbocycles. The van der Waals surface area contributed by atoms with Crippen molar-refractivity contribution in [1.82, 2.24) is 19.4 Å². The lowest BCUT2D eigenvalue weighted by Gasteiger charge is -2.36. The molecule has 244 valence electrons. The summed E-state index contributed by atoms with van der Waals surface area (Å²) >= 11 is 0. The summed E-state index contributed by atoms with van der Waals surface area (Å²) in [5.74, 6) is -0.434. The molecular weight excluding hydrogens is 603 g/mol. The Labute approximate surface area is 273 Å². The van der Waals surface area contributed by atoms with E-state index < -0.39 is 28.6 Å². The van der Waals surface area contributed by atoms with E-state index >= 15 is 4.39 Å². The SMILES string of the molecule is COc1ccc([C@@H]2CN(c3ccc(C#N)nn3)C[C@H]2C(=O)N2CCCC(CCCCc3ccc(C)cc3)N(S(C)=O)CC2)c(F)c1. The van der Waals surface area contributed by atoms with Crippen LogP contribution in [0.4, 0.5) is 10.2 Å². The summed E-state index contributed by atoms with van der Waals surface area (Å²) in [6, 6.07) is 19.0. The highest BCUT2D eigenvalue weighted by molar-refractivity contribution is 7.81. The van der Waals surface area contributed by atoms with Crippen LogP contribution in [0.25, 0.3) is 0 Å². The average Bonchev–Trinajstić information content (AvgIpc) is 3.49. The fourth-order valence-electron chi connectivity index (χ4n) is 6.77. The van der Waals surface area contributed by atoms with Gasteiger partial charge in [-0.3, -0.25) is 4.79 Å². The fraction of sp³-hybridized carbons (Fsp3) is 0.486. The van der Waals surface area contributed by atoms with Gasteiger partial charge in [0.1, 0.15) is 17.6 Å². The van der Waals surface area contributed by atoms with Crippen molar-refractivity contribution in [2.24, 2.45) is 5.92 Å². The minimum Gasteiger partial charge on any atom is -0.497 e. The van der Waals surface area contributed by atoms with Gasteiger partial charge in [-0.05, 0) is 68.4 Å². The van der Waals surface area contributed by atoms with Crippen LogP contribution in [-0.2, 0) is 22.2 Å². The lowest BCUT2D eigenvalue weighted by molar-refractivity contribution is -0.135. The minimum atomic E-state index is -1.16. The second-order valence-corrected chi connectivity index (χ2v) is 13.6. The van der Waals surface area contributed by atoms with Crippen LogP contribution >= 0.6 is 0 Å². The number of anilines is 1. The lowest BCUT2D eigenvalue weighted by Crippen LogP contribution is -2.48. The van der Waals surface area contributed by atoms with Crippen molar-refractivity contribution in [1.29, 1.82) is 5.26 Å². The number of amides is 1. The molecule has 46 heavy (non-hydrogen) atoms. The van der Waals surface area contributed by atoms with Gasteiger partial charge in [0, 0.05) is 57.0 Å². The van der Waals surface area contributed by atoms with Gasteiger partial charge in [-0.2, -0.15) is 5.26 Å². The topological polar surface area (TPSA) is 103 Å². The maximum atomic E-state index is 15.4. The zero-order chi connectivity index (χ0) is 32.6. The van der Waals surface area contributed by atoms with Gasteiger partial charge in [-0.15, -0.1) is 10.2 Å². The number of hydrogen-bond donors (Lipinski definition) is 0. The average molecular weight is 647 g/mol. The highest BCUT2D eigenvalue weighted by atomic mass is 32.2. The number of methoxy groups -OCH3 is 1. The van der Waals surface area contributed by atoms with E-state index in [2.05, 4.69) is 45.7 Å². The van der Waals surface area contributed by atoms with Gasteiger partial charge in [0.05, 0.1) is 24.0 Å². The minimum absolute atomic E-state index is 0.0392. The van der Waals surface area contributed by atoms with E-state index in [4.69, 9.17) is 10.00 Å². The molecule has 2 aromatic carbocycles. The highest BCUT2D eigenvalue weighted by Crippen LogP contribution is 2.38. The van der Waals surface area contributed by atoms with Crippen LogP contribution in [0, 0.1) is 30.0 Å². The van der Waals surface area contributed by atoms with Gasteiger partial charge < -0.3 is 14.5 Å². The summed E-state index contributed by atoms with van der Waals surface area (Å²) in [6.45, 7) is 4.41. The molecule has 0 N–H and O–H groups in total. The Bertz CT molecular complexity index is 1550. The molecule has 5 rings (SSSR count). The number of unbranched alkanes of at least 4 members (excludes halogenated alkanes) is 1. The quantitative estimate of drug-likeness (QED) is 0.285. The molecule has 2 aliphatic rings. The molecule has 0 radical (unpaired) electrons. The Kier molecular flexibility index (Phi) is 11.4. The fourth-order valence-corrected chi connectivity index (χ4v) is 7.74. The number of halogens is 1. The van der Waals surface area contributed by atoms with E-state index in [0.29, 0.717) is 49.9 Å². The molecule has 3 heterocycles. The first-order chi connectivity index (χ1) is 22.3. The number of hydrogen-bond acceptors (Lipinski definition) is 7. The van der Waals surface area contributed by atoms with E-state index in [1.54, 1.807) is 30.5 Å². The first kappa shape index (κ1) is 33.5. The van der Waals surface area contributed by atoms with Crippen molar-refractivity contribution >= 4 is 22.7 Å². The Morgan fingerprint density at radius 3 is 2.54 bits per heavy atom. The second kappa shape index (κ2) is 15.6. The molecule has 2 aliphatic heterocycles. The van der Waals surface area contributed by atoms with Gasteiger partial charge in [0.2, 0.25) is 5.91 Å². The standard InChI is InChI=1S/C35H43FN6O3S/c1-25-10-12-26(13-11-25)7-4-5-8-28-9-6-18-40(19-20-42(28)46(3)44)35(43)32-24-41(34-17-14-27(22-37)38-39-34)23-31(32)30-16-15-29(45-2)21-33(30)36/h10-17,21,28,31-32H,4-9,18-20,23-24H2,1-3H3/t28?,31-,32+,46?/m0/s1. The van der Waals surface area contributed by atoms with Crippen molar-refractivity contribution in [3.63, 3.8) is 0 Å². The Morgan fingerprint density at radius 2 is 1.87 bits per heavy atom. The van der Waals surface area contributed by atoms with Crippen LogP contribution < -0.4 is 9.64 Å². The molecule has 0 spiro atoms. The predicted octanol–water partition coefficient (Wildman–Crippen LogP) is 5.02. The van der Waals surface area contributed by atoms with Gasteiger partial charge in [0.15, 0.2) is 11.5 Å². The van der Waals surface area contributed by atoms with Crippen LogP contribution in [0.15, 0.2) is 54.6 Å². The summed E-state index contributed by atoms with van der Waals surface area (Å²) in [6.07, 6.45) is 7.54. The maximum absolute atomic E-state index is 15.4. The molecule has 11 heteroatoms. The number of rotatable bonds is 10. The van der Waals surface area contributed by atoms with E-state index in [9.17, 15) is 9.00 Å². The number of ether oxygens (including phenoxy) is 1. The Balaban J connectivity index is 1.27. The number of nitrogens with zero attached hydrogens (tertiary/aromatic N) is 6. The monoisotopic (exact) mass is 646 g/mol. The third-order valence-electron chi connectivity index (χ3n) is 9.31. The van der Waals surface area contributed by atoms with Gasteiger partial charge in [-0.1, -0.05) is 42.3 Å². The van der Waals surface area contributed by atoms with E-state index in [1.807, 2.05) is 15.9 Å². The van der Waals surface area contributed by atoms with Crippen molar-refractivity contribution < 1.29 is 18.1 Å². The lowest BCUT2D eigenvalue weighted by atomic mass is 9.87. The van der Waals surface area contributed by atoms with Crippen LogP contribution in [-0.4, -0.2) is 81.6 Å². The molecule has 9 nitrogen and oxygen atoms in total. The largest absolute Gasteiger partial charge is 0.497 e. The Morgan fingerprint density at radius 1 is 1.07 bits per heavy atom. The van der Waals surface area contributed by atoms with Crippen molar-refractivity contribution in [3.8, 4) is 11.8 Å². The maximum Gasteiger partial charge on any atom is 0.228 e. The highest BCUT2D eigenvalue weighted by Gasteiger charge is 2.42. The molecule has 0 aliphatic carbocycles. The normalized spacial score (nSPS) is 21.3. The number of carbonyl (C=O) groups is 1. The summed E-state index contributed by atoms with van der Waals surface area (Å²) < 4.78 is 35.6. The molecule has 3 aromatic rings. The predicted molar refractivity (Wildman–Crippen MR) is 177 cm³/mol. The van der Waals surface area contributed by atoms with Gasteiger partial charge in [0.25, 0.3) is 0 Å². The van der Waals surface area contributed by atoms with E-state index in [-0.39, 0.29) is 17.6 Å². The zero-order valence-electron chi connectivity index (χ0n) is 26.9. The molecule has 4 atom stereocenters.